The van der Waals surface area contributed by atoms with Gasteiger partial charge in [-0.3, -0.25) is 4.79 Å². The van der Waals surface area contributed by atoms with Crippen LogP contribution in [0.4, 0.5) is 4.39 Å². The quantitative estimate of drug-likeness (QED) is 0.907. The van der Waals surface area contributed by atoms with Gasteiger partial charge in [0.1, 0.15) is 5.82 Å². The minimum atomic E-state index is -0.924. The first-order valence-corrected chi connectivity index (χ1v) is 6.19. The third kappa shape index (κ3) is 2.97. The number of aliphatic hydroxyl groups excluding tert-OH is 1. The fourth-order valence-corrected chi connectivity index (χ4v) is 1.89. The van der Waals surface area contributed by atoms with E-state index in [4.69, 9.17) is 16.1 Å². The van der Waals surface area contributed by atoms with Crippen molar-refractivity contribution in [3.8, 4) is 0 Å². The molecule has 0 bridgehead atoms. The van der Waals surface area contributed by atoms with Gasteiger partial charge in [0.25, 0.3) is 5.91 Å². The first-order valence-electron chi connectivity index (χ1n) is 5.82. The lowest BCUT2D eigenvalue weighted by Crippen LogP contribution is -2.31. The summed E-state index contributed by atoms with van der Waals surface area (Å²) in [7, 11) is 0. The summed E-state index contributed by atoms with van der Waals surface area (Å²) in [6.07, 6.45) is 0. The molecule has 20 heavy (non-hydrogen) atoms. The third-order valence-corrected chi connectivity index (χ3v) is 2.99. The predicted molar refractivity (Wildman–Crippen MR) is 69.9 cm³/mol. The number of nitrogens with zero attached hydrogens (tertiary/aromatic N) is 1. The summed E-state index contributed by atoms with van der Waals surface area (Å²) in [5.41, 5.74) is 0.647. The van der Waals surface area contributed by atoms with Gasteiger partial charge in [0.15, 0.2) is 0 Å². The molecule has 0 saturated heterocycles. The molecule has 0 aliphatic rings. The molecule has 7 heteroatoms. The Bertz CT molecular complexity index is 630. The highest BCUT2D eigenvalue weighted by molar-refractivity contribution is 6.30. The molecule has 0 aliphatic carbocycles. The zero-order valence-corrected chi connectivity index (χ0v) is 11.3. The number of aromatic nitrogens is 1. The molecule has 1 amide bonds. The number of hydrogen-bond acceptors (Lipinski definition) is 4. The van der Waals surface area contributed by atoms with Crippen LogP contribution in [-0.2, 0) is 0 Å². The van der Waals surface area contributed by atoms with E-state index < -0.39 is 24.4 Å². The number of hydrogen-bond donors (Lipinski definition) is 2. The Labute approximate surface area is 119 Å². The average molecular weight is 299 g/mol. The van der Waals surface area contributed by atoms with Crippen LogP contribution in [0.15, 0.2) is 28.8 Å². The second-order valence-corrected chi connectivity index (χ2v) is 4.59. The van der Waals surface area contributed by atoms with Crippen LogP contribution in [0.3, 0.4) is 0 Å². The maximum atomic E-state index is 13.9. The Morgan fingerprint density at radius 1 is 1.60 bits per heavy atom. The number of carbonyl (C=O) groups excluding carboxylic acids is 1. The van der Waals surface area contributed by atoms with E-state index >= 15 is 0 Å². The summed E-state index contributed by atoms with van der Waals surface area (Å²) in [5.74, 6) is -1.28. The predicted octanol–water partition coefficient (Wildman–Crippen LogP) is 2.24. The Morgan fingerprint density at radius 2 is 2.35 bits per heavy atom. The van der Waals surface area contributed by atoms with Crippen molar-refractivity contribution in [3.05, 3.63) is 52.1 Å². The van der Waals surface area contributed by atoms with E-state index in [0.717, 1.165) is 0 Å². The largest absolute Gasteiger partial charge is 0.394 e. The standard InChI is InChI=1S/C13H12ClFN2O3/c1-7-5-11(20-17-7)13(19)16-10(6-18)8-3-2-4-9(14)12(8)15/h2-5,10,18H,6H2,1H3,(H,16,19). The number of aryl methyl sites for hydroxylation is 1. The van der Waals surface area contributed by atoms with E-state index in [1.807, 2.05) is 0 Å². The minimum absolute atomic E-state index is 0.0108. The highest BCUT2D eigenvalue weighted by Crippen LogP contribution is 2.23. The lowest BCUT2D eigenvalue weighted by Gasteiger charge is -2.16. The Morgan fingerprint density at radius 3 is 2.95 bits per heavy atom. The van der Waals surface area contributed by atoms with Crippen LogP contribution in [0, 0.1) is 12.7 Å². The number of carbonyl (C=O) groups is 1. The molecule has 2 aromatic rings. The molecule has 5 nitrogen and oxygen atoms in total. The maximum Gasteiger partial charge on any atom is 0.290 e. The molecule has 1 aromatic heterocycles. The lowest BCUT2D eigenvalue weighted by molar-refractivity contribution is 0.0878. The first kappa shape index (κ1) is 14.5. The number of aliphatic hydroxyl groups is 1. The van der Waals surface area contributed by atoms with E-state index in [0.29, 0.717) is 5.69 Å². The molecule has 2 rings (SSSR count). The van der Waals surface area contributed by atoms with Gasteiger partial charge in [0, 0.05) is 11.6 Å². The monoisotopic (exact) mass is 298 g/mol. The number of amides is 1. The highest BCUT2D eigenvalue weighted by Gasteiger charge is 2.21. The highest BCUT2D eigenvalue weighted by atomic mass is 35.5. The minimum Gasteiger partial charge on any atom is -0.394 e. The molecular weight excluding hydrogens is 287 g/mol. The van der Waals surface area contributed by atoms with E-state index in [2.05, 4.69) is 10.5 Å². The van der Waals surface area contributed by atoms with Crippen LogP contribution < -0.4 is 5.32 Å². The second kappa shape index (κ2) is 6.02. The van der Waals surface area contributed by atoms with Crippen LogP contribution in [0.2, 0.25) is 5.02 Å². The van der Waals surface area contributed by atoms with Gasteiger partial charge in [0.05, 0.1) is 23.4 Å². The van der Waals surface area contributed by atoms with Crippen molar-refractivity contribution in [2.45, 2.75) is 13.0 Å². The molecular formula is C13H12ClFN2O3. The molecule has 1 heterocycles. The molecule has 0 saturated carbocycles. The van der Waals surface area contributed by atoms with Gasteiger partial charge < -0.3 is 14.9 Å². The van der Waals surface area contributed by atoms with Crippen LogP contribution in [0.1, 0.15) is 27.9 Å². The number of benzene rings is 1. The molecule has 106 valence electrons. The lowest BCUT2D eigenvalue weighted by atomic mass is 10.1. The first-order chi connectivity index (χ1) is 9.52. The van der Waals surface area contributed by atoms with Crippen molar-refractivity contribution < 1.29 is 18.8 Å². The molecule has 0 fully saturated rings. The summed E-state index contributed by atoms with van der Waals surface area (Å²) >= 11 is 5.67. The molecule has 1 atom stereocenters. The zero-order chi connectivity index (χ0) is 14.7. The number of rotatable bonds is 4. The molecule has 0 radical (unpaired) electrons. The van der Waals surface area contributed by atoms with Crippen molar-refractivity contribution >= 4 is 17.5 Å². The number of nitrogens with one attached hydrogen (secondary N) is 1. The smallest absolute Gasteiger partial charge is 0.290 e. The Hall–Kier alpha value is -1.92. The van der Waals surface area contributed by atoms with E-state index in [1.54, 1.807) is 6.92 Å². The van der Waals surface area contributed by atoms with Gasteiger partial charge in [-0.2, -0.15) is 0 Å². The van der Waals surface area contributed by atoms with Gasteiger partial charge in [-0.15, -0.1) is 0 Å². The van der Waals surface area contributed by atoms with Crippen LogP contribution in [0.25, 0.3) is 0 Å². The summed E-state index contributed by atoms with van der Waals surface area (Å²) in [6, 6.07) is 4.88. The normalized spacial score (nSPS) is 12.2. The van der Waals surface area contributed by atoms with Crippen LogP contribution in [-0.4, -0.2) is 22.8 Å². The van der Waals surface area contributed by atoms with E-state index in [-0.39, 0.29) is 16.3 Å². The zero-order valence-electron chi connectivity index (χ0n) is 10.6. The SMILES string of the molecule is Cc1cc(C(=O)NC(CO)c2cccc(Cl)c2F)on1. The summed E-state index contributed by atoms with van der Waals surface area (Å²) in [5, 5.41) is 15.3. The van der Waals surface area contributed by atoms with Gasteiger partial charge >= 0.3 is 0 Å². The second-order valence-electron chi connectivity index (χ2n) is 4.18. The Kier molecular flexibility index (Phi) is 4.36. The number of halogens is 2. The third-order valence-electron chi connectivity index (χ3n) is 2.70. The molecule has 0 spiro atoms. The van der Waals surface area contributed by atoms with Gasteiger partial charge in [-0.05, 0) is 13.0 Å². The molecule has 2 N–H and O–H groups in total. The Balaban J connectivity index is 2.21. The van der Waals surface area contributed by atoms with Crippen molar-refractivity contribution in [2.75, 3.05) is 6.61 Å². The van der Waals surface area contributed by atoms with E-state index in [1.165, 1.54) is 24.3 Å². The topological polar surface area (TPSA) is 75.4 Å². The molecule has 1 unspecified atom stereocenters. The summed E-state index contributed by atoms with van der Waals surface area (Å²) < 4.78 is 18.7. The van der Waals surface area contributed by atoms with Crippen molar-refractivity contribution in [2.24, 2.45) is 0 Å². The van der Waals surface area contributed by atoms with Crippen molar-refractivity contribution in [3.63, 3.8) is 0 Å². The fourth-order valence-electron chi connectivity index (χ4n) is 1.71. The van der Waals surface area contributed by atoms with Gasteiger partial charge in [-0.25, -0.2) is 4.39 Å². The van der Waals surface area contributed by atoms with Crippen molar-refractivity contribution in [1.29, 1.82) is 0 Å². The van der Waals surface area contributed by atoms with Crippen LogP contribution in [0.5, 0.6) is 0 Å². The summed E-state index contributed by atoms with van der Waals surface area (Å²) in [4.78, 5) is 11.9. The van der Waals surface area contributed by atoms with Gasteiger partial charge in [0.2, 0.25) is 5.76 Å². The fraction of sp³-hybridized carbons (Fsp3) is 0.231. The average Bonchev–Trinajstić information content (AvgIpc) is 2.86. The van der Waals surface area contributed by atoms with Crippen molar-refractivity contribution in [1.82, 2.24) is 10.5 Å². The van der Waals surface area contributed by atoms with Gasteiger partial charge in [-0.1, -0.05) is 28.9 Å². The molecule has 1 aromatic carbocycles. The van der Waals surface area contributed by atoms with E-state index in [9.17, 15) is 14.3 Å². The maximum absolute atomic E-state index is 13.9. The molecule has 0 aliphatic heterocycles. The van der Waals surface area contributed by atoms with Crippen LogP contribution >= 0.6 is 11.6 Å². The summed E-state index contributed by atoms with van der Waals surface area (Å²) in [6.45, 7) is 1.19.